The molecule has 0 spiro atoms. The quantitative estimate of drug-likeness (QED) is 0.207. The van der Waals surface area contributed by atoms with E-state index >= 15 is 0 Å². The van der Waals surface area contributed by atoms with E-state index in [9.17, 15) is 0 Å². The number of aryl methyl sites for hydroxylation is 8. The zero-order valence-corrected chi connectivity index (χ0v) is 23.0. The molecule has 2 heteroatoms. The van der Waals surface area contributed by atoms with Gasteiger partial charge in [-0.1, -0.05) is 82.9 Å². The topological polar surface area (TPSA) is 24.7 Å². The number of nitrogens with zero attached hydrogens (tertiary/aromatic N) is 2. The Morgan fingerprint density at radius 2 is 0.556 bits per heavy atom. The van der Waals surface area contributed by atoms with Crippen molar-refractivity contribution in [1.29, 1.82) is 0 Å². The Hall–Kier alpha value is -3.78. The zero-order chi connectivity index (χ0) is 26.2. The van der Waals surface area contributed by atoms with Gasteiger partial charge in [-0.15, -0.1) is 0 Å². The molecule has 0 atom stereocenters. The van der Waals surface area contributed by atoms with Gasteiger partial charge in [0.1, 0.15) is 0 Å². The van der Waals surface area contributed by atoms with Crippen LogP contribution in [0.3, 0.4) is 0 Å². The summed E-state index contributed by atoms with van der Waals surface area (Å²) in [6.45, 7) is 16.8. The Kier molecular flexibility index (Phi) is 9.13. The van der Waals surface area contributed by atoms with Crippen LogP contribution in [0, 0.1) is 55.4 Å². The SMILES string of the molecule is Cc1cc(C)cc(/C=C/c2cc(C)cc(C)c2)c1.Cc1cc(C)cc(N=Nc2cc(C)cc(C)c2)c1. The highest BCUT2D eigenvalue weighted by Gasteiger charge is 1.97. The molecule has 0 heterocycles. The molecule has 4 rings (SSSR count). The van der Waals surface area contributed by atoms with Gasteiger partial charge in [0.2, 0.25) is 0 Å². The fraction of sp³-hybridized carbons (Fsp3) is 0.235. The number of benzene rings is 4. The van der Waals surface area contributed by atoms with E-state index in [2.05, 4.69) is 126 Å². The number of hydrogen-bond donors (Lipinski definition) is 0. The van der Waals surface area contributed by atoms with Crippen molar-refractivity contribution in [3.8, 4) is 0 Å². The molecular formula is C34H38N2. The van der Waals surface area contributed by atoms with E-state index < -0.39 is 0 Å². The average Bonchev–Trinajstić information content (AvgIpc) is 2.74. The molecule has 0 N–H and O–H groups in total. The highest BCUT2D eigenvalue weighted by molar-refractivity contribution is 5.70. The van der Waals surface area contributed by atoms with Gasteiger partial charge in [0.25, 0.3) is 0 Å². The van der Waals surface area contributed by atoms with Crippen molar-refractivity contribution >= 4 is 23.5 Å². The predicted octanol–water partition coefficient (Wildman–Crippen LogP) is 10.4. The van der Waals surface area contributed by atoms with E-state index in [1.54, 1.807) is 0 Å². The first-order chi connectivity index (χ1) is 17.0. The third-order valence-corrected chi connectivity index (χ3v) is 5.65. The lowest BCUT2D eigenvalue weighted by atomic mass is 10.0. The monoisotopic (exact) mass is 474 g/mol. The van der Waals surface area contributed by atoms with E-state index in [1.165, 1.54) is 55.6 Å². The van der Waals surface area contributed by atoms with Crippen LogP contribution in [-0.4, -0.2) is 0 Å². The van der Waals surface area contributed by atoms with Crippen LogP contribution in [-0.2, 0) is 0 Å². The summed E-state index contributed by atoms with van der Waals surface area (Å²) in [6.07, 6.45) is 4.38. The van der Waals surface area contributed by atoms with E-state index in [4.69, 9.17) is 0 Å². The van der Waals surface area contributed by atoms with Crippen molar-refractivity contribution in [3.63, 3.8) is 0 Å². The Labute approximate surface area is 217 Å². The molecule has 2 nitrogen and oxygen atoms in total. The highest BCUT2D eigenvalue weighted by Crippen LogP contribution is 2.22. The second-order valence-electron chi connectivity index (χ2n) is 10.1. The summed E-state index contributed by atoms with van der Waals surface area (Å²) in [5.41, 5.74) is 14.5. The average molecular weight is 475 g/mol. The van der Waals surface area contributed by atoms with Crippen LogP contribution >= 0.6 is 0 Å². The second kappa shape index (κ2) is 12.3. The molecule has 0 unspecified atom stereocenters. The fourth-order valence-corrected chi connectivity index (χ4v) is 4.54. The lowest BCUT2D eigenvalue weighted by molar-refractivity contribution is 1.20. The summed E-state index contributed by atoms with van der Waals surface area (Å²) in [6, 6.07) is 25.7. The largest absolute Gasteiger partial charge is 0.151 e. The van der Waals surface area contributed by atoms with Gasteiger partial charge in [-0.25, -0.2) is 0 Å². The minimum atomic E-state index is 0.909. The number of hydrogen-bond acceptors (Lipinski definition) is 2. The maximum Gasteiger partial charge on any atom is 0.0862 e. The van der Waals surface area contributed by atoms with Gasteiger partial charge in [0.05, 0.1) is 11.4 Å². The molecular weight excluding hydrogens is 436 g/mol. The molecule has 36 heavy (non-hydrogen) atoms. The summed E-state index contributed by atoms with van der Waals surface area (Å²) in [7, 11) is 0. The second-order valence-corrected chi connectivity index (χ2v) is 10.1. The smallest absolute Gasteiger partial charge is 0.0862 e. The van der Waals surface area contributed by atoms with E-state index in [1.807, 2.05) is 24.3 Å². The molecule has 0 aliphatic heterocycles. The Morgan fingerprint density at radius 3 is 0.806 bits per heavy atom. The molecule has 4 aromatic carbocycles. The van der Waals surface area contributed by atoms with Crippen molar-refractivity contribution in [2.24, 2.45) is 10.2 Å². The van der Waals surface area contributed by atoms with Gasteiger partial charge in [0.15, 0.2) is 0 Å². The first kappa shape index (κ1) is 26.8. The maximum atomic E-state index is 4.31. The number of azo groups is 1. The summed E-state index contributed by atoms with van der Waals surface area (Å²) in [5, 5.41) is 8.61. The third-order valence-electron chi connectivity index (χ3n) is 5.65. The summed E-state index contributed by atoms with van der Waals surface area (Å²) < 4.78 is 0. The first-order valence-electron chi connectivity index (χ1n) is 12.5. The molecule has 184 valence electrons. The third kappa shape index (κ3) is 8.78. The summed E-state index contributed by atoms with van der Waals surface area (Å²) >= 11 is 0. The van der Waals surface area contributed by atoms with E-state index in [0.29, 0.717) is 0 Å². The van der Waals surface area contributed by atoms with Gasteiger partial charge >= 0.3 is 0 Å². The first-order valence-corrected chi connectivity index (χ1v) is 12.5. The Morgan fingerprint density at radius 1 is 0.333 bits per heavy atom. The molecule has 0 aromatic heterocycles. The van der Waals surface area contributed by atoms with Gasteiger partial charge in [-0.3, -0.25) is 0 Å². The molecule has 0 aliphatic rings. The molecule has 0 amide bonds. The molecule has 0 radical (unpaired) electrons. The van der Waals surface area contributed by atoms with Crippen LogP contribution in [0.5, 0.6) is 0 Å². The van der Waals surface area contributed by atoms with Crippen LogP contribution in [0.25, 0.3) is 12.2 Å². The van der Waals surface area contributed by atoms with Crippen molar-refractivity contribution in [2.75, 3.05) is 0 Å². The predicted molar refractivity (Wildman–Crippen MR) is 157 cm³/mol. The lowest BCUT2D eigenvalue weighted by Gasteiger charge is -2.02. The molecule has 0 saturated heterocycles. The fourth-order valence-electron chi connectivity index (χ4n) is 4.54. The standard InChI is InChI=1S/C18H20.C16H18N2/c1-13-7-14(2)10-17(9-13)5-6-18-11-15(3)8-16(4)12-18;1-11-5-12(2)8-15(7-11)17-18-16-9-13(3)6-14(4)10-16/h5-12H,1-4H3;5-10H,1-4H3/b6-5+;. The van der Waals surface area contributed by atoms with Crippen LogP contribution in [0.15, 0.2) is 83.0 Å². The lowest BCUT2D eigenvalue weighted by Crippen LogP contribution is -1.82. The van der Waals surface area contributed by atoms with Crippen molar-refractivity contribution in [1.82, 2.24) is 0 Å². The van der Waals surface area contributed by atoms with Gasteiger partial charge < -0.3 is 0 Å². The van der Waals surface area contributed by atoms with Crippen LogP contribution in [0.2, 0.25) is 0 Å². The minimum absolute atomic E-state index is 0.909. The zero-order valence-electron chi connectivity index (χ0n) is 23.0. The summed E-state index contributed by atoms with van der Waals surface area (Å²) in [4.78, 5) is 0. The molecule has 0 bridgehead atoms. The van der Waals surface area contributed by atoms with Crippen LogP contribution in [0.4, 0.5) is 11.4 Å². The normalized spacial score (nSPS) is 11.1. The van der Waals surface area contributed by atoms with E-state index in [-0.39, 0.29) is 0 Å². The minimum Gasteiger partial charge on any atom is -0.151 e. The Balaban J connectivity index is 0.000000201. The van der Waals surface area contributed by atoms with Gasteiger partial charge in [-0.05, 0) is 113 Å². The van der Waals surface area contributed by atoms with Gasteiger partial charge in [0, 0.05) is 0 Å². The molecule has 0 aliphatic carbocycles. The van der Waals surface area contributed by atoms with E-state index in [0.717, 1.165) is 11.4 Å². The van der Waals surface area contributed by atoms with Gasteiger partial charge in [-0.2, -0.15) is 10.2 Å². The van der Waals surface area contributed by atoms with Crippen molar-refractivity contribution < 1.29 is 0 Å². The van der Waals surface area contributed by atoms with Crippen LogP contribution in [0.1, 0.15) is 55.6 Å². The molecule has 0 saturated carbocycles. The molecule has 0 fully saturated rings. The Bertz CT molecular complexity index is 1110. The highest BCUT2D eigenvalue weighted by atomic mass is 15.1. The maximum absolute atomic E-state index is 4.31. The van der Waals surface area contributed by atoms with Crippen LogP contribution < -0.4 is 0 Å². The number of rotatable bonds is 4. The van der Waals surface area contributed by atoms with Crippen molar-refractivity contribution in [3.05, 3.63) is 128 Å². The summed E-state index contributed by atoms with van der Waals surface area (Å²) in [5.74, 6) is 0. The molecule has 4 aromatic rings. The van der Waals surface area contributed by atoms with Crippen molar-refractivity contribution in [2.45, 2.75) is 55.4 Å².